The van der Waals surface area contributed by atoms with E-state index in [9.17, 15) is 4.79 Å². The Morgan fingerprint density at radius 2 is 2.38 bits per heavy atom. The largest absolute Gasteiger partial charge is 0.333 e. The highest BCUT2D eigenvalue weighted by Crippen LogP contribution is 2.35. The lowest BCUT2D eigenvalue weighted by Crippen LogP contribution is -2.83. The number of H-pyrrole nitrogens is 1. The summed E-state index contributed by atoms with van der Waals surface area (Å²) in [5, 5.41) is 5.17. The molecule has 0 bridgehead atoms. The zero-order valence-electron chi connectivity index (χ0n) is 14.0. The van der Waals surface area contributed by atoms with Gasteiger partial charge in [0.2, 0.25) is 0 Å². The molecule has 2 atom stereocenters. The maximum atomic E-state index is 12.7. The average molecular weight is 361 g/mol. The van der Waals surface area contributed by atoms with Crippen molar-refractivity contribution < 1.29 is 5.32 Å². The molecule has 0 unspecified atom stereocenters. The van der Waals surface area contributed by atoms with Crippen LogP contribution in [0.5, 0.6) is 0 Å². The lowest BCUT2D eigenvalue weighted by atomic mass is 9.89. The molecule has 1 aliphatic rings. The van der Waals surface area contributed by atoms with Crippen LogP contribution < -0.4 is 10.9 Å². The number of nitrogens with zero attached hydrogens (tertiary/aromatic N) is 1. The van der Waals surface area contributed by atoms with Crippen LogP contribution in [-0.2, 0) is 19.4 Å². The second-order valence-corrected chi connectivity index (χ2v) is 8.91. The summed E-state index contributed by atoms with van der Waals surface area (Å²) in [5.74, 6) is 1.50. The van der Waals surface area contributed by atoms with Gasteiger partial charge in [0.1, 0.15) is 17.4 Å². The Balaban J connectivity index is 1.64. The number of thiophene rings is 2. The van der Waals surface area contributed by atoms with E-state index in [4.69, 9.17) is 4.98 Å². The zero-order chi connectivity index (χ0) is 16.7. The van der Waals surface area contributed by atoms with E-state index in [1.807, 2.05) is 0 Å². The molecular formula is C18H22N3OS2+. The van der Waals surface area contributed by atoms with Gasteiger partial charge in [0, 0.05) is 4.88 Å². The van der Waals surface area contributed by atoms with Crippen LogP contribution in [-0.4, -0.2) is 9.97 Å². The van der Waals surface area contributed by atoms with Crippen LogP contribution >= 0.6 is 22.7 Å². The Hall–Kier alpha value is -1.50. The predicted molar refractivity (Wildman–Crippen MR) is 99.8 cm³/mol. The number of rotatable bonds is 4. The summed E-state index contributed by atoms with van der Waals surface area (Å²) < 4.78 is 0. The third kappa shape index (κ3) is 2.94. The Labute approximate surface area is 149 Å². The quantitative estimate of drug-likeness (QED) is 0.751. The van der Waals surface area contributed by atoms with Gasteiger partial charge in [-0.3, -0.25) is 4.79 Å². The van der Waals surface area contributed by atoms with Crippen LogP contribution in [0.15, 0.2) is 22.3 Å². The van der Waals surface area contributed by atoms with E-state index in [1.54, 1.807) is 22.7 Å². The van der Waals surface area contributed by atoms with Crippen LogP contribution in [0.2, 0.25) is 0 Å². The molecule has 4 nitrogen and oxygen atoms in total. The van der Waals surface area contributed by atoms with Gasteiger partial charge in [-0.2, -0.15) is 0 Å². The minimum atomic E-state index is 0.0402. The molecule has 3 aromatic heterocycles. The molecule has 1 aliphatic carbocycles. The first kappa shape index (κ1) is 16.0. The summed E-state index contributed by atoms with van der Waals surface area (Å²) in [5.41, 5.74) is 1.29. The third-order valence-corrected chi connectivity index (χ3v) is 6.91. The highest BCUT2D eigenvalue weighted by Gasteiger charge is 2.24. The Morgan fingerprint density at radius 1 is 1.50 bits per heavy atom. The zero-order valence-corrected chi connectivity index (χ0v) is 15.6. The standard InChI is InChI=1S/C18H21N3OS2/c1-10-5-6-13-14(8-10)24-18-15(13)17(22)20-16(21-18)11(2)19-9-12-4-3-7-23-12/h3-4,7,10-11,19H,5-6,8-9H2,1-2H3,(H,20,21,22)/p+1/t10-,11+/m0/s1. The van der Waals surface area contributed by atoms with Gasteiger partial charge in [-0.05, 0) is 49.1 Å². The molecule has 0 spiro atoms. The van der Waals surface area contributed by atoms with Crippen molar-refractivity contribution in [3.63, 3.8) is 0 Å². The first-order valence-corrected chi connectivity index (χ1v) is 10.2. The number of nitrogens with one attached hydrogen (secondary N) is 1. The predicted octanol–water partition coefficient (Wildman–Crippen LogP) is 3.00. The molecule has 0 saturated carbocycles. The second-order valence-electron chi connectivity index (χ2n) is 6.79. The highest BCUT2D eigenvalue weighted by molar-refractivity contribution is 7.18. The smallest absolute Gasteiger partial charge is 0.260 e. The summed E-state index contributed by atoms with van der Waals surface area (Å²) in [6.07, 6.45) is 3.27. The molecule has 0 aromatic carbocycles. The number of aromatic nitrogens is 2. The first-order valence-electron chi connectivity index (χ1n) is 8.52. The Kier molecular flexibility index (Phi) is 4.28. The first-order chi connectivity index (χ1) is 11.6. The second kappa shape index (κ2) is 6.43. The fraction of sp³-hybridized carbons (Fsp3) is 0.444. The molecule has 3 N–H and O–H groups in total. The van der Waals surface area contributed by atoms with Crippen molar-refractivity contribution in [3.05, 3.63) is 49.0 Å². The number of aryl methyl sites for hydroxylation is 1. The number of fused-ring (bicyclic) bond motifs is 3. The third-order valence-electron chi connectivity index (χ3n) is 4.87. The lowest BCUT2D eigenvalue weighted by molar-refractivity contribution is -0.708. The van der Waals surface area contributed by atoms with Crippen molar-refractivity contribution in [3.8, 4) is 0 Å². The fourth-order valence-electron chi connectivity index (χ4n) is 3.41. The van der Waals surface area contributed by atoms with Gasteiger partial charge >= 0.3 is 0 Å². The summed E-state index contributed by atoms with van der Waals surface area (Å²) >= 11 is 3.48. The number of hydrogen-bond donors (Lipinski definition) is 2. The Bertz CT molecular complexity index is 910. The van der Waals surface area contributed by atoms with Crippen LogP contribution in [0, 0.1) is 5.92 Å². The van der Waals surface area contributed by atoms with Crippen molar-refractivity contribution in [1.29, 1.82) is 0 Å². The summed E-state index contributed by atoms with van der Waals surface area (Å²) in [4.78, 5) is 24.1. The number of quaternary nitrogens is 1. The summed E-state index contributed by atoms with van der Waals surface area (Å²) in [6, 6.07) is 4.35. The van der Waals surface area contributed by atoms with Gasteiger partial charge in [0.25, 0.3) is 5.56 Å². The van der Waals surface area contributed by atoms with E-state index in [0.717, 1.165) is 35.4 Å². The molecule has 126 valence electrons. The molecule has 0 fully saturated rings. The van der Waals surface area contributed by atoms with Gasteiger partial charge in [0.15, 0.2) is 5.82 Å². The molecule has 4 rings (SSSR count). The van der Waals surface area contributed by atoms with Gasteiger partial charge in [-0.25, -0.2) is 4.98 Å². The van der Waals surface area contributed by atoms with Gasteiger partial charge in [-0.15, -0.1) is 22.7 Å². The summed E-state index contributed by atoms with van der Waals surface area (Å²) in [7, 11) is 0. The molecule has 24 heavy (non-hydrogen) atoms. The molecule has 3 heterocycles. The van der Waals surface area contributed by atoms with E-state index in [2.05, 4.69) is 41.7 Å². The number of aromatic amines is 1. The molecule has 0 radical (unpaired) electrons. The van der Waals surface area contributed by atoms with E-state index in [0.29, 0.717) is 5.92 Å². The fourth-order valence-corrected chi connectivity index (χ4v) is 5.49. The molecule has 0 saturated heterocycles. The van der Waals surface area contributed by atoms with Crippen LogP contribution in [0.25, 0.3) is 10.2 Å². The average Bonchev–Trinajstić information content (AvgIpc) is 3.18. The maximum Gasteiger partial charge on any atom is 0.260 e. The minimum absolute atomic E-state index is 0.0402. The Morgan fingerprint density at radius 3 is 3.17 bits per heavy atom. The topological polar surface area (TPSA) is 62.4 Å². The molecule has 0 aliphatic heterocycles. The molecule has 0 amide bonds. The monoisotopic (exact) mass is 360 g/mol. The van der Waals surface area contributed by atoms with Crippen LogP contribution in [0.1, 0.15) is 47.5 Å². The van der Waals surface area contributed by atoms with Crippen molar-refractivity contribution >= 4 is 32.9 Å². The van der Waals surface area contributed by atoms with E-state index in [1.165, 1.54) is 21.7 Å². The normalized spacial score (nSPS) is 18.7. The SMILES string of the molecule is C[C@H]1CCc2c(sc3nc([C@@H](C)[NH2+]Cc4cccs4)[nH]c(=O)c23)C1. The van der Waals surface area contributed by atoms with Crippen molar-refractivity contribution in [1.82, 2.24) is 9.97 Å². The van der Waals surface area contributed by atoms with Crippen molar-refractivity contribution in [2.75, 3.05) is 0 Å². The maximum absolute atomic E-state index is 12.7. The van der Waals surface area contributed by atoms with E-state index >= 15 is 0 Å². The number of nitrogens with two attached hydrogens (primary N) is 1. The van der Waals surface area contributed by atoms with Crippen molar-refractivity contribution in [2.45, 2.75) is 45.7 Å². The van der Waals surface area contributed by atoms with Crippen molar-refractivity contribution in [2.24, 2.45) is 5.92 Å². The minimum Gasteiger partial charge on any atom is -0.333 e. The molecule has 3 aromatic rings. The molecule has 6 heteroatoms. The highest BCUT2D eigenvalue weighted by atomic mass is 32.1. The lowest BCUT2D eigenvalue weighted by Gasteiger charge is -2.17. The van der Waals surface area contributed by atoms with Gasteiger partial charge in [0.05, 0.1) is 10.3 Å². The van der Waals surface area contributed by atoms with Gasteiger partial charge < -0.3 is 10.3 Å². The van der Waals surface area contributed by atoms with E-state index in [-0.39, 0.29) is 11.6 Å². The van der Waals surface area contributed by atoms with Crippen LogP contribution in [0.3, 0.4) is 0 Å². The van der Waals surface area contributed by atoms with Gasteiger partial charge in [-0.1, -0.05) is 13.0 Å². The molecular weight excluding hydrogens is 338 g/mol. The summed E-state index contributed by atoms with van der Waals surface area (Å²) in [6.45, 7) is 5.31. The van der Waals surface area contributed by atoms with E-state index < -0.39 is 0 Å². The van der Waals surface area contributed by atoms with Crippen LogP contribution in [0.4, 0.5) is 0 Å². The number of hydrogen-bond acceptors (Lipinski definition) is 4.